The van der Waals surface area contributed by atoms with Crippen LogP contribution in [0.4, 0.5) is 0 Å². The van der Waals surface area contributed by atoms with Crippen molar-refractivity contribution in [3.8, 4) is 0 Å². The fraction of sp³-hybridized carbons (Fsp3) is 0.569. The molecule has 3 aromatic heterocycles. The Morgan fingerprint density at radius 1 is 0.821 bits per heavy atom. The SMILES string of the molecule is C=Cc1c2[nH]c(c1C)C=C1NC(=C3c4[nH]c(c(C)c4C(=O)CC3CC(=O)OC)C=c3[nH]c(c(C)c3CC)=C2)[C@@H](CCCC(=O)OCC=C(C)CCC[C@H](C)CCC[C@H](C)CCCC(C)C)C1C. The minimum Gasteiger partial charge on any atom is -0.469 e. The highest BCUT2D eigenvalue weighted by Crippen LogP contribution is 2.48. The number of carbonyl (C=O) groups excluding carboxylic acids is 3. The van der Waals surface area contributed by atoms with E-state index in [-0.39, 0.29) is 42.4 Å². The molecule has 0 amide bonds. The van der Waals surface area contributed by atoms with Crippen LogP contribution >= 0.6 is 0 Å². The number of fused-ring (bicyclic) bond motifs is 7. The molecular formula is C58H82N4O5. The molecule has 4 N–H and O–H groups in total. The Morgan fingerprint density at radius 2 is 1.49 bits per heavy atom. The van der Waals surface area contributed by atoms with Gasteiger partial charge in [0.25, 0.3) is 0 Å². The van der Waals surface area contributed by atoms with E-state index >= 15 is 0 Å². The summed E-state index contributed by atoms with van der Waals surface area (Å²) in [6.45, 7) is 26.8. The fourth-order valence-corrected chi connectivity index (χ4v) is 11.1. The number of aromatic amines is 3. The van der Waals surface area contributed by atoms with Crippen LogP contribution in [0.5, 0.6) is 0 Å². The largest absolute Gasteiger partial charge is 0.469 e. The number of ketones is 1. The molecule has 0 aromatic carbocycles. The minimum absolute atomic E-state index is 0.0152. The molecule has 3 aliphatic rings. The molecule has 9 nitrogen and oxygen atoms in total. The van der Waals surface area contributed by atoms with Gasteiger partial charge in [-0.05, 0) is 124 Å². The summed E-state index contributed by atoms with van der Waals surface area (Å²) >= 11 is 0. The van der Waals surface area contributed by atoms with Crippen LogP contribution in [0.3, 0.4) is 0 Å². The van der Waals surface area contributed by atoms with Crippen molar-refractivity contribution in [1.82, 2.24) is 20.3 Å². The van der Waals surface area contributed by atoms with Gasteiger partial charge >= 0.3 is 11.9 Å². The number of hydrogen-bond donors (Lipinski definition) is 4. The van der Waals surface area contributed by atoms with Gasteiger partial charge < -0.3 is 29.7 Å². The van der Waals surface area contributed by atoms with Crippen molar-refractivity contribution in [2.24, 2.45) is 35.5 Å². The molecule has 1 fully saturated rings. The van der Waals surface area contributed by atoms with Crippen LogP contribution in [0.2, 0.25) is 0 Å². The van der Waals surface area contributed by atoms with Crippen molar-refractivity contribution in [1.29, 1.82) is 0 Å². The standard InChI is InChI=1S/C58H82N4O5/c1-13-43-38(8)46-31-48-40(10)45(25-18-26-53(64)67-28-27-37(7)24-17-23-36(6)22-16-21-35(5)20-15-19-34(3)4)57(61-48)56-42(30-54(65)66-12)29-52(63)55-41(11)49(62-58(55)56)33-51-44(14-2)39(9)47(60-51)32-50(43)59-46/h13,27,31-36,40,42,45,59-62H,1,14-26,28-30H2,2-12H3/t35-,36-,40?,42?,45+/m1/s1. The average molecular weight is 915 g/mol. The Bertz CT molecular complexity index is 2500. The second kappa shape index (κ2) is 23.3. The van der Waals surface area contributed by atoms with E-state index in [1.54, 1.807) is 0 Å². The molecule has 0 saturated carbocycles. The van der Waals surface area contributed by atoms with E-state index in [9.17, 15) is 14.4 Å². The number of H-pyrrole nitrogens is 3. The highest BCUT2D eigenvalue weighted by atomic mass is 16.5. The highest BCUT2D eigenvalue weighted by Gasteiger charge is 2.42. The van der Waals surface area contributed by atoms with Gasteiger partial charge in [0.1, 0.15) is 6.61 Å². The molecule has 364 valence electrons. The summed E-state index contributed by atoms with van der Waals surface area (Å²) in [4.78, 5) is 51.6. The van der Waals surface area contributed by atoms with Crippen molar-refractivity contribution in [2.45, 2.75) is 166 Å². The third kappa shape index (κ3) is 12.4. The van der Waals surface area contributed by atoms with Gasteiger partial charge in [-0.1, -0.05) is 105 Å². The van der Waals surface area contributed by atoms with E-state index in [2.05, 4.69) is 113 Å². The first-order valence-corrected chi connectivity index (χ1v) is 25.7. The first kappa shape index (κ1) is 51.3. The molecule has 2 aliphatic heterocycles. The molecule has 1 saturated heterocycles. The van der Waals surface area contributed by atoms with Gasteiger partial charge in [0.15, 0.2) is 5.78 Å². The summed E-state index contributed by atoms with van der Waals surface area (Å²) < 4.78 is 11.0. The number of ether oxygens (including phenoxy) is 2. The van der Waals surface area contributed by atoms with Crippen LogP contribution in [-0.2, 0) is 25.5 Å². The molecule has 9 heteroatoms. The van der Waals surface area contributed by atoms with E-state index in [1.807, 2.05) is 13.0 Å². The van der Waals surface area contributed by atoms with Crippen LogP contribution in [0.1, 0.15) is 199 Å². The lowest BCUT2D eigenvalue weighted by Crippen LogP contribution is -2.26. The number of esters is 2. The average Bonchev–Trinajstić information content (AvgIpc) is 3.96. The molecular weight excluding hydrogens is 833 g/mol. The van der Waals surface area contributed by atoms with Crippen molar-refractivity contribution < 1.29 is 23.9 Å². The van der Waals surface area contributed by atoms with Gasteiger partial charge in [-0.25, -0.2) is 0 Å². The Kier molecular flexibility index (Phi) is 17.9. The lowest BCUT2D eigenvalue weighted by molar-refractivity contribution is -0.143. The van der Waals surface area contributed by atoms with Gasteiger partial charge in [0.2, 0.25) is 0 Å². The number of hydrogen-bond acceptors (Lipinski definition) is 6. The monoisotopic (exact) mass is 915 g/mol. The fourth-order valence-electron chi connectivity index (χ4n) is 11.1. The number of Topliss-reactive ketones (excluding diaryl/α,β-unsaturated/α-hetero) is 1. The summed E-state index contributed by atoms with van der Waals surface area (Å²) in [5, 5.41) is 5.88. The number of methoxy groups -OCH3 is 1. The number of nitrogens with one attached hydrogen (secondary N) is 4. The molecule has 3 aromatic rings. The third-order valence-corrected chi connectivity index (χ3v) is 15.3. The zero-order chi connectivity index (χ0) is 48.5. The molecule has 1 aliphatic carbocycles. The number of carbonyl (C=O) groups is 3. The summed E-state index contributed by atoms with van der Waals surface area (Å²) in [5.41, 5.74) is 13.9. The van der Waals surface area contributed by atoms with Gasteiger partial charge in [-0.2, -0.15) is 0 Å². The van der Waals surface area contributed by atoms with E-state index in [0.717, 1.165) is 104 Å². The normalized spacial score (nSPS) is 18.9. The lowest BCUT2D eigenvalue weighted by Gasteiger charge is -2.28. The first-order chi connectivity index (χ1) is 32.0. The molecule has 0 spiro atoms. The van der Waals surface area contributed by atoms with Crippen LogP contribution in [0.25, 0.3) is 29.9 Å². The Morgan fingerprint density at radius 3 is 2.16 bits per heavy atom. The highest BCUT2D eigenvalue weighted by molar-refractivity contribution is 6.07. The number of allylic oxidation sites excluding steroid dienone is 4. The maximum atomic E-state index is 14.2. The first-order valence-electron chi connectivity index (χ1n) is 25.7. The summed E-state index contributed by atoms with van der Waals surface area (Å²) in [5.74, 6) is 1.44. The molecule has 67 heavy (non-hydrogen) atoms. The maximum Gasteiger partial charge on any atom is 0.306 e. The van der Waals surface area contributed by atoms with Gasteiger partial charge in [0, 0.05) is 86.5 Å². The predicted molar refractivity (Wildman–Crippen MR) is 275 cm³/mol. The zero-order valence-corrected chi connectivity index (χ0v) is 42.9. The van der Waals surface area contributed by atoms with Gasteiger partial charge in [-0.3, -0.25) is 14.4 Å². The van der Waals surface area contributed by atoms with Crippen molar-refractivity contribution in [3.63, 3.8) is 0 Å². The molecule has 2 unspecified atom stereocenters. The Labute approximate surface area is 401 Å². The van der Waals surface area contributed by atoms with Crippen LogP contribution < -0.4 is 16.0 Å². The topological polar surface area (TPSA) is 129 Å². The Hall–Kier alpha value is -5.05. The van der Waals surface area contributed by atoms with Gasteiger partial charge in [-0.15, -0.1) is 0 Å². The zero-order valence-electron chi connectivity index (χ0n) is 42.9. The molecule has 5 atom stereocenters. The molecule has 6 rings (SSSR count). The van der Waals surface area contributed by atoms with Crippen molar-refractivity contribution >= 4 is 47.6 Å². The predicted octanol–water partition coefficient (Wildman–Crippen LogP) is 12.2. The quantitative estimate of drug-likeness (QED) is 0.0587. The molecule has 8 bridgehead atoms. The minimum atomic E-state index is -0.401. The van der Waals surface area contributed by atoms with Crippen molar-refractivity contribution in [3.05, 3.63) is 96.5 Å². The van der Waals surface area contributed by atoms with Crippen LogP contribution in [0, 0.1) is 56.3 Å². The van der Waals surface area contributed by atoms with Gasteiger partial charge in [0.05, 0.1) is 19.2 Å². The van der Waals surface area contributed by atoms with E-state index in [0.29, 0.717) is 31.4 Å². The smallest absolute Gasteiger partial charge is 0.306 e. The van der Waals surface area contributed by atoms with Crippen LogP contribution in [0.15, 0.2) is 29.6 Å². The molecule has 5 heterocycles. The van der Waals surface area contributed by atoms with E-state index in [4.69, 9.17) is 9.47 Å². The summed E-state index contributed by atoms with van der Waals surface area (Å²) in [6, 6.07) is 0. The maximum absolute atomic E-state index is 14.2. The third-order valence-electron chi connectivity index (χ3n) is 15.3. The Balaban J connectivity index is 1.21. The summed E-state index contributed by atoms with van der Waals surface area (Å²) in [7, 11) is 1.40. The summed E-state index contributed by atoms with van der Waals surface area (Å²) in [6.07, 6.45) is 24.7. The number of aromatic nitrogens is 3. The van der Waals surface area contributed by atoms with Crippen LogP contribution in [-0.4, -0.2) is 46.4 Å². The lowest BCUT2D eigenvalue weighted by atomic mass is 9.76. The number of rotatable bonds is 22. The van der Waals surface area contributed by atoms with E-state index in [1.165, 1.54) is 68.8 Å². The molecule has 0 radical (unpaired) electrons. The van der Waals surface area contributed by atoms with Crippen molar-refractivity contribution in [2.75, 3.05) is 13.7 Å². The van der Waals surface area contributed by atoms with E-state index < -0.39 is 5.92 Å². The second-order valence-corrected chi connectivity index (χ2v) is 20.8. The second-order valence-electron chi connectivity index (χ2n) is 20.8.